The fourth-order valence-corrected chi connectivity index (χ4v) is 3.35. The van der Waals surface area contributed by atoms with Crippen molar-refractivity contribution < 1.29 is 28.2 Å². The highest BCUT2D eigenvalue weighted by Crippen LogP contribution is 2.30. The lowest BCUT2D eigenvalue weighted by molar-refractivity contribution is -0.145. The number of halogens is 1. The number of aryl methyl sites for hydroxylation is 1. The largest absolute Gasteiger partial charge is 0.467 e. The molecule has 0 fully saturated rings. The molecule has 2 heterocycles. The molecule has 0 N–H and O–H groups in total. The Balaban J connectivity index is 1.54. The van der Waals surface area contributed by atoms with Crippen LogP contribution in [0.15, 0.2) is 24.3 Å². The molecule has 0 aliphatic carbocycles. The summed E-state index contributed by atoms with van der Waals surface area (Å²) in [6, 6.07) is 6.23. The van der Waals surface area contributed by atoms with Gasteiger partial charge in [-0.15, -0.1) is 11.3 Å². The van der Waals surface area contributed by atoms with E-state index in [0.29, 0.717) is 21.8 Å². The van der Waals surface area contributed by atoms with Crippen molar-refractivity contribution in [2.24, 2.45) is 0 Å². The Morgan fingerprint density at radius 2 is 2.12 bits per heavy atom. The van der Waals surface area contributed by atoms with E-state index in [1.54, 1.807) is 6.07 Å². The second-order valence-corrected chi connectivity index (χ2v) is 6.95. The minimum absolute atomic E-state index is 0.0166. The van der Waals surface area contributed by atoms with Gasteiger partial charge in [0.05, 0.1) is 17.9 Å². The summed E-state index contributed by atoms with van der Waals surface area (Å²) in [6.45, 7) is 2.14. The third kappa shape index (κ3) is 4.43. The summed E-state index contributed by atoms with van der Waals surface area (Å²) in [7, 11) is 0. The number of hydrogen-bond acceptors (Lipinski definition) is 6. The Morgan fingerprint density at radius 1 is 1.28 bits per heavy atom. The number of hydrogen-bond donors (Lipinski definition) is 0. The molecule has 0 unspecified atom stereocenters. The summed E-state index contributed by atoms with van der Waals surface area (Å²) in [5.41, 5.74) is 1.03. The molecule has 1 aliphatic heterocycles. The highest BCUT2D eigenvalue weighted by atomic mass is 32.1. The van der Waals surface area contributed by atoms with Crippen molar-refractivity contribution in [3.05, 3.63) is 51.0 Å². The Morgan fingerprint density at radius 3 is 2.88 bits per heavy atom. The molecule has 7 heteroatoms. The van der Waals surface area contributed by atoms with Crippen molar-refractivity contribution in [3.63, 3.8) is 0 Å². The predicted molar refractivity (Wildman–Crippen MR) is 89.1 cm³/mol. The monoisotopic (exact) mass is 364 g/mol. The van der Waals surface area contributed by atoms with Crippen LogP contribution in [0.4, 0.5) is 4.39 Å². The molecule has 0 saturated heterocycles. The van der Waals surface area contributed by atoms with Crippen molar-refractivity contribution in [2.45, 2.75) is 33.0 Å². The van der Waals surface area contributed by atoms with Crippen molar-refractivity contribution in [1.82, 2.24) is 0 Å². The maximum Gasteiger partial charge on any atom is 0.306 e. The highest BCUT2D eigenvalue weighted by Gasteiger charge is 2.18. The number of carbonyl (C=O) groups excluding carboxylic acids is 2. The number of carbonyl (C=O) groups is 2. The molecule has 132 valence electrons. The van der Waals surface area contributed by atoms with Crippen LogP contribution in [0.1, 0.15) is 38.5 Å². The summed E-state index contributed by atoms with van der Waals surface area (Å²) >= 11 is 1.40. The van der Waals surface area contributed by atoms with E-state index in [2.05, 4.69) is 0 Å². The molecule has 0 bridgehead atoms. The van der Waals surface area contributed by atoms with Gasteiger partial charge in [0, 0.05) is 22.4 Å². The number of thiophene rings is 1. The van der Waals surface area contributed by atoms with Crippen LogP contribution in [-0.4, -0.2) is 18.5 Å². The first-order valence-corrected chi connectivity index (χ1v) is 8.61. The van der Waals surface area contributed by atoms with Crippen molar-refractivity contribution in [2.75, 3.05) is 6.79 Å². The number of benzene rings is 1. The Hall–Kier alpha value is -2.25. The van der Waals surface area contributed by atoms with Crippen LogP contribution in [0.5, 0.6) is 5.75 Å². The fourth-order valence-electron chi connectivity index (χ4n) is 2.52. The van der Waals surface area contributed by atoms with Crippen LogP contribution < -0.4 is 4.74 Å². The summed E-state index contributed by atoms with van der Waals surface area (Å²) in [4.78, 5) is 25.6. The van der Waals surface area contributed by atoms with Crippen LogP contribution in [0.25, 0.3) is 0 Å². The van der Waals surface area contributed by atoms with E-state index in [-0.39, 0.29) is 38.6 Å². The number of ether oxygens (including phenoxy) is 3. The molecule has 1 aromatic heterocycles. The van der Waals surface area contributed by atoms with Crippen LogP contribution in [-0.2, 0) is 27.5 Å². The zero-order chi connectivity index (χ0) is 17.8. The van der Waals surface area contributed by atoms with Crippen LogP contribution >= 0.6 is 11.3 Å². The minimum atomic E-state index is -0.508. The van der Waals surface area contributed by atoms with Crippen LogP contribution in [0.3, 0.4) is 0 Å². The first-order chi connectivity index (χ1) is 12.0. The quantitative estimate of drug-likeness (QED) is 0.577. The molecule has 0 saturated carbocycles. The van der Waals surface area contributed by atoms with Gasteiger partial charge in [0.15, 0.2) is 12.6 Å². The van der Waals surface area contributed by atoms with Gasteiger partial charge in [-0.25, -0.2) is 4.39 Å². The van der Waals surface area contributed by atoms with E-state index < -0.39 is 11.8 Å². The molecular formula is C18H17FO5S. The van der Waals surface area contributed by atoms with Gasteiger partial charge in [-0.05, 0) is 31.2 Å². The van der Waals surface area contributed by atoms with Crippen LogP contribution in [0.2, 0.25) is 0 Å². The second kappa shape index (κ2) is 7.76. The van der Waals surface area contributed by atoms with E-state index >= 15 is 0 Å². The van der Waals surface area contributed by atoms with Gasteiger partial charge in [0.2, 0.25) is 0 Å². The summed E-state index contributed by atoms with van der Waals surface area (Å²) < 4.78 is 29.3. The summed E-state index contributed by atoms with van der Waals surface area (Å²) in [5.74, 6) is -0.543. The van der Waals surface area contributed by atoms with Gasteiger partial charge in [-0.3, -0.25) is 9.59 Å². The summed E-state index contributed by atoms with van der Waals surface area (Å²) in [5, 5.41) is 0. The second-order valence-electron chi connectivity index (χ2n) is 5.66. The van der Waals surface area contributed by atoms with Crippen molar-refractivity contribution >= 4 is 23.1 Å². The maximum atomic E-state index is 13.6. The molecule has 0 radical (unpaired) electrons. The molecule has 0 spiro atoms. The number of ketones is 1. The maximum absolute atomic E-state index is 13.6. The standard InChI is InChI=1S/C18H17FO5S/c1-11-2-4-16(25-11)15(20)3-5-17(21)23-9-13-7-14(19)6-12-8-22-10-24-18(12)13/h2,4,6-7H,3,5,8-10H2,1H3. The van der Waals surface area contributed by atoms with Gasteiger partial charge in [-0.1, -0.05) is 0 Å². The van der Waals surface area contributed by atoms with Crippen molar-refractivity contribution in [1.29, 1.82) is 0 Å². The predicted octanol–water partition coefficient (Wildman–Crippen LogP) is 3.77. The first kappa shape index (κ1) is 17.6. The Bertz CT molecular complexity index is 799. The van der Waals surface area contributed by atoms with Gasteiger partial charge < -0.3 is 14.2 Å². The molecule has 0 amide bonds. The third-order valence-corrected chi connectivity index (χ3v) is 4.75. The normalized spacial score (nSPS) is 13.0. The minimum Gasteiger partial charge on any atom is -0.467 e. The lowest BCUT2D eigenvalue weighted by Gasteiger charge is -2.20. The molecule has 0 atom stereocenters. The Labute approximate surface area is 148 Å². The van der Waals surface area contributed by atoms with E-state index in [1.807, 2.05) is 13.0 Å². The SMILES string of the molecule is Cc1ccc(C(=O)CCC(=O)OCc2cc(F)cc3c2OCOC3)s1. The van der Waals surface area contributed by atoms with Gasteiger partial charge in [-0.2, -0.15) is 0 Å². The molecule has 3 rings (SSSR count). The summed E-state index contributed by atoms with van der Waals surface area (Å²) in [6.07, 6.45) is 0.0711. The van der Waals surface area contributed by atoms with E-state index in [4.69, 9.17) is 14.2 Å². The third-order valence-electron chi connectivity index (χ3n) is 3.71. The van der Waals surface area contributed by atoms with Gasteiger partial charge >= 0.3 is 5.97 Å². The number of esters is 1. The number of rotatable bonds is 6. The zero-order valence-electron chi connectivity index (χ0n) is 13.7. The fraction of sp³-hybridized carbons (Fsp3) is 0.333. The average Bonchev–Trinajstić information content (AvgIpc) is 3.04. The highest BCUT2D eigenvalue weighted by molar-refractivity contribution is 7.14. The van der Waals surface area contributed by atoms with Crippen LogP contribution in [0, 0.1) is 12.7 Å². The Kier molecular flexibility index (Phi) is 5.45. The van der Waals surface area contributed by atoms with Gasteiger partial charge in [0.25, 0.3) is 0 Å². The number of fused-ring (bicyclic) bond motifs is 1. The molecule has 5 nitrogen and oxygen atoms in total. The van der Waals surface area contributed by atoms with E-state index in [9.17, 15) is 14.0 Å². The van der Waals surface area contributed by atoms with Gasteiger partial charge in [0.1, 0.15) is 18.2 Å². The molecule has 2 aromatic rings. The molecule has 1 aliphatic rings. The smallest absolute Gasteiger partial charge is 0.306 e. The zero-order valence-corrected chi connectivity index (χ0v) is 14.5. The molecule has 25 heavy (non-hydrogen) atoms. The average molecular weight is 364 g/mol. The van der Waals surface area contributed by atoms with E-state index in [1.165, 1.54) is 23.5 Å². The first-order valence-electron chi connectivity index (χ1n) is 7.80. The van der Waals surface area contributed by atoms with Crippen molar-refractivity contribution in [3.8, 4) is 5.75 Å². The topological polar surface area (TPSA) is 61.8 Å². The van der Waals surface area contributed by atoms with E-state index in [0.717, 1.165) is 4.88 Å². The number of Topliss-reactive ketones (excluding diaryl/α,β-unsaturated/α-hetero) is 1. The molecule has 1 aromatic carbocycles. The molecular weight excluding hydrogens is 347 g/mol. The lowest BCUT2D eigenvalue weighted by atomic mass is 10.1. The lowest BCUT2D eigenvalue weighted by Crippen LogP contribution is -2.15.